The summed E-state index contributed by atoms with van der Waals surface area (Å²) in [5.74, 6) is 0. The molecule has 1 radical (unpaired) electrons. The van der Waals surface area contributed by atoms with Crippen molar-refractivity contribution in [2.45, 2.75) is 20.8 Å². The van der Waals surface area contributed by atoms with E-state index in [0.717, 1.165) is 0 Å². The van der Waals surface area contributed by atoms with Crippen molar-refractivity contribution in [1.82, 2.24) is 0 Å². The molecule has 0 amide bonds. The van der Waals surface area contributed by atoms with Crippen LogP contribution < -0.4 is 0 Å². The molecule has 0 unspecified atom stereocenters. The first-order chi connectivity index (χ1) is 4.85. The van der Waals surface area contributed by atoms with Crippen molar-refractivity contribution < 1.29 is 30.1 Å². The molecular formula is C6H16CoO3Si. The number of hydrogen-bond acceptors (Lipinski definition) is 3. The molecule has 0 aliphatic rings. The zero-order chi connectivity index (χ0) is 7.82. The van der Waals surface area contributed by atoms with Gasteiger partial charge in [-0.1, -0.05) is 0 Å². The van der Waals surface area contributed by atoms with Gasteiger partial charge >= 0.3 is 9.53 Å². The molecule has 0 aliphatic heterocycles. The first-order valence-corrected chi connectivity index (χ1v) is 5.11. The minimum Gasteiger partial charge on any atom is -0.376 e. The molecule has 0 N–H and O–H groups in total. The van der Waals surface area contributed by atoms with Crippen molar-refractivity contribution >= 4 is 9.53 Å². The second-order valence-electron chi connectivity index (χ2n) is 1.65. The quantitative estimate of drug-likeness (QED) is 0.624. The second kappa shape index (κ2) is 10.6. The third kappa shape index (κ3) is 8.51. The van der Waals surface area contributed by atoms with Gasteiger partial charge in [-0.2, -0.15) is 0 Å². The standard InChI is InChI=1S/C6H16O3Si.Co/c1-4-7-10(8-5-2)9-6-3;/h10H,4-6H2,1-3H3;. The minimum absolute atomic E-state index is 0. The normalized spacial score (nSPS) is 9.82. The molecule has 0 spiro atoms. The summed E-state index contributed by atoms with van der Waals surface area (Å²) in [5.41, 5.74) is 0. The Morgan fingerprint density at radius 2 is 1.09 bits per heavy atom. The molecule has 0 aromatic carbocycles. The van der Waals surface area contributed by atoms with Gasteiger partial charge in [-0.05, 0) is 20.8 Å². The molecule has 0 aromatic rings. The van der Waals surface area contributed by atoms with E-state index in [1.165, 1.54) is 0 Å². The maximum atomic E-state index is 5.22. The Kier molecular flexibility index (Phi) is 13.6. The minimum atomic E-state index is -1.73. The molecule has 0 atom stereocenters. The third-order valence-electron chi connectivity index (χ3n) is 0.908. The predicted molar refractivity (Wildman–Crippen MR) is 42.0 cm³/mol. The van der Waals surface area contributed by atoms with Crippen LogP contribution >= 0.6 is 0 Å². The summed E-state index contributed by atoms with van der Waals surface area (Å²) in [7, 11) is -1.73. The molecule has 0 fully saturated rings. The number of rotatable bonds is 6. The van der Waals surface area contributed by atoms with Crippen LogP contribution in [0.1, 0.15) is 20.8 Å². The molecule has 5 heteroatoms. The Morgan fingerprint density at radius 3 is 1.27 bits per heavy atom. The van der Waals surface area contributed by atoms with Crippen LogP contribution in [0.3, 0.4) is 0 Å². The second-order valence-corrected chi connectivity index (χ2v) is 3.23. The number of hydrogen-bond donors (Lipinski definition) is 0. The van der Waals surface area contributed by atoms with Crippen molar-refractivity contribution in [2.75, 3.05) is 19.8 Å². The molecule has 0 heterocycles. The van der Waals surface area contributed by atoms with E-state index in [2.05, 4.69) is 0 Å². The molecule has 0 bridgehead atoms. The fraction of sp³-hybridized carbons (Fsp3) is 1.00. The maximum absolute atomic E-state index is 5.22. The smallest absolute Gasteiger partial charge is 0.376 e. The van der Waals surface area contributed by atoms with E-state index >= 15 is 0 Å². The molecule has 11 heavy (non-hydrogen) atoms. The van der Waals surface area contributed by atoms with Gasteiger partial charge in [0, 0.05) is 36.6 Å². The zero-order valence-corrected chi connectivity index (χ0v) is 9.45. The first-order valence-electron chi connectivity index (χ1n) is 3.69. The van der Waals surface area contributed by atoms with Gasteiger partial charge in [0.05, 0.1) is 0 Å². The predicted octanol–water partition coefficient (Wildman–Crippen LogP) is 0.811. The summed E-state index contributed by atoms with van der Waals surface area (Å²) in [6.45, 7) is 7.86. The van der Waals surface area contributed by atoms with Crippen LogP contribution in [0, 0.1) is 0 Å². The van der Waals surface area contributed by atoms with Crippen LogP contribution in [0.25, 0.3) is 0 Å². The van der Waals surface area contributed by atoms with E-state index in [1.807, 2.05) is 20.8 Å². The van der Waals surface area contributed by atoms with Gasteiger partial charge in [0.2, 0.25) is 0 Å². The summed E-state index contributed by atoms with van der Waals surface area (Å²) >= 11 is 0. The van der Waals surface area contributed by atoms with Crippen LogP contribution in [0.4, 0.5) is 0 Å². The van der Waals surface area contributed by atoms with E-state index in [-0.39, 0.29) is 16.8 Å². The molecule has 0 aromatic heterocycles. The van der Waals surface area contributed by atoms with Crippen molar-refractivity contribution in [2.24, 2.45) is 0 Å². The molecule has 3 nitrogen and oxygen atoms in total. The molecule has 0 aliphatic carbocycles. The fourth-order valence-corrected chi connectivity index (χ4v) is 1.66. The summed E-state index contributed by atoms with van der Waals surface area (Å²) in [6.07, 6.45) is 0. The Morgan fingerprint density at radius 1 is 0.818 bits per heavy atom. The Labute approximate surface area is 80.6 Å². The van der Waals surface area contributed by atoms with Gasteiger partial charge in [-0.25, -0.2) is 0 Å². The van der Waals surface area contributed by atoms with Crippen LogP contribution in [0.5, 0.6) is 0 Å². The van der Waals surface area contributed by atoms with Crippen molar-refractivity contribution in [3.8, 4) is 0 Å². The monoisotopic (exact) mass is 223 g/mol. The van der Waals surface area contributed by atoms with E-state index in [9.17, 15) is 0 Å². The van der Waals surface area contributed by atoms with Crippen LogP contribution in [0.15, 0.2) is 0 Å². The van der Waals surface area contributed by atoms with Gasteiger partial charge in [-0.3, -0.25) is 0 Å². The molecule has 0 saturated carbocycles. The van der Waals surface area contributed by atoms with Gasteiger partial charge in [-0.15, -0.1) is 0 Å². The van der Waals surface area contributed by atoms with Gasteiger partial charge < -0.3 is 13.3 Å². The Hall–Kier alpha value is 0.603. The van der Waals surface area contributed by atoms with Gasteiger partial charge in [0.25, 0.3) is 0 Å². The Balaban J connectivity index is 0. The van der Waals surface area contributed by atoms with Crippen molar-refractivity contribution in [3.05, 3.63) is 0 Å². The van der Waals surface area contributed by atoms with E-state index < -0.39 is 9.53 Å². The summed E-state index contributed by atoms with van der Waals surface area (Å²) in [6, 6.07) is 0. The molecular weight excluding hydrogens is 207 g/mol. The molecule has 0 saturated heterocycles. The fourth-order valence-electron chi connectivity index (χ4n) is 0.553. The Bertz CT molecular complexity index is 60.6. The first kappa shape index (κ1) is 14.1. The summed E-state index contributed by atoms with van der Waals surface area (Å²) < 4.78 is 15.7. The topological polar surface area (TPSA) is 27.7 Å². The zero-order valence-electron chi connectivity index (χ0n) is 7.26. The van der Waals surface area contributed by atoms with Gasteiger partial charge in [0.1, 0.15) is 0 Å². The third-order valence-corrected chi connectivity index (χ3v) is 2.72. The summed E-state index contributed by atoms with van der Waals surface area (Å²) in [5, 5.41) is 0. The van der Waals surface area contributed by atoms with Gasteiger partial charge in [0.15, 0.2) is 0 Å². The van der Waals surface area contributed by atoms with Crippen LogP contribution in [-0.2, 0) is 30.1 Å². The molecule has 71 valence electrons. The molecule has 0 rings (SSSR count). The average molecular weight is 223 g/mol. The van der Waals surface area contributed by atoms with Crippen LogP contribution in [0.2, 0.25) is 0 Å². The average Bonchev–Trinajstić information content (AvgIpc) is 1.90. The van der Waals surface area contributed by atoms with E-state index in [4.69, 9.17) is 13.3 Å². The SMILES string of the molecule is CCO[SiH](OCC)OCC.[Co]. The van der Waals surface area contributed by atoms with Crippen molar-refractivity contribution in [3.63, 3.8) is 0 Å². The van der Waals surface area contributed by atoms with E-state index in [0.29, 0.717) is 19.8 Å². The van der Waals surface area contributed by atoms with Crippen LogP contribution in [-0.4, -0.2) is 29.3 Å². The van der Waals surface area contributed by atoms with Crippen molar-refractivity contribution in [1.29, 1.82) is 0 Å². The largest absolute Gasteiger partial charge is 0.484 e. The maximum Gasteiger partial charge on any atom is 0.484 e. The summed E-state index contributed by atoms with van der Waals surface area (Å²) in [4.78, 5) is 0. The van der Waals surface area contributed by atoms with E-state index in [1.54, 1.807) is 0 Å².